The quantitative estimate of drug-likeness (QED) is 0.780. The summed E-state index contributed by atoms with van der Waals surface area (Å²) in [4.78, 5) is 15.1. The maximum absolute atomic E-state index is 11.0. The molecule has 0 aliphatic heterocycles. The van der Waals surface area contributed by atoms with Crippen molar-refractivity contribution in [3.63, 3.8) is 0 Å². The zero-order valence-corrected chi connectivity index (χ0v) is 9.42. The molecule has 0 aliphatic rings. The lowest BCUT2D eigenvalue weighted by Gasteiger charge is -2.03. The lowest BCUT2D eigenvalue weighted by Crippen LogP contribution is -2.09. The molecule has 1 amide bonds. The molecule has 0 atom stereocenters. The lowest BCUT2D eigenvalue weighted by atomic mass is 10.2. The van der Waals surface area contributed by atoms with E-state index in [9.17, 15) is 4.79 Å². The highest BCUT2D eigenvalue weighted by atomic mass is 16.1. The van der Waals surface area contributed by atoms with Crippen LogP contribution in [0.1, 0.15) is 15.9 Å². The third-order valence-electron chi connectivity index (χ3n) is 2.29. The average Bonchev–Trinajstić information content (AvgIpc) is 2.79. The number of carbonyl (C=O) groups excluding carboxylic acids is 1. The van der Waals surface area contributed by atoms with Crippen molar-refractivity contribution in [3.8, 4) is 5.69 Å². The van der Waals surface area contributed by atoms with E-state index >= 15 is 0 Å². The Morgan fingerprint density at radius 1 is 1.47 bits per heavy atom. The molecule has 0 aliphatic carbocycles. The fourth-order valence-electron chi connectivity index (χ4n) is 1.49. The number of amides is 1. The Labute approximate surface area is 98.5 Å². The van der Waals surface area contributed by atoms with Gasteiger partial charge in [0, 0.05) is 18.9 Å². The van der Waals surface area contributed by atoms with Crippen LogP contribution in [0.2, 0.25) is 0 Å². The largest absolute Gasteiger partial charge is 0.366 e. The Balaban J connectivity index is 2.31. The van der Waals surface area contributed by atoms with E-state index in [1.54, 1.807) is 23.3 Å². The minimum atomic E-state index is -0.490. The number of rotatable bonds is 4. The first-order valence-corrected chi connectivity index (χ1v) is 5.14. The van der Waals surface area contributed by atoms with E-state index in [-0.39, 0.29) is 0 Å². The van der Waals surface area contributed by atoms with Crippen molar-refractivity contribution in [3.05, 3.63) is 42.0 Å². The van der Waals surface area contributed by atoms with Crippen LogP contribution < -0.4 is 11.1 Å². The first-order valence-electron chi connectivity index (χ1n) is 5.14. The topological polar surface area (TPSA) is 85.8 Å². The molecule has 6 heteroatoms. The van der Waals surface area contributed by atoms with Gasteiger partial charge in [0.05, 0.1) is 23.6 Å². The molecule has 0 fully saturated rings. The predicted octanol–water partition coefficient (Wildman–Crippen LogP) is 0.0856. The Kier molecular flexibility index (Phi) is 3.15. The van der Waals surface area contributed by atoms with Crippen molar-refractivity contribution in [2.24, 2.45) is 5.73 Å². The van der Waals surface area contributed by atoms with Gasteiger partial charge in [-0.3, -0.25) is 9.78 Å². The molecule has 2 aromatic heterocycles. The summed E-state index contributed by atoms with van der Waals surface area (Å²) in [5.74, 6) is -0.490. The van der Waals surface area contributed by atoms with Crippen molar-refractivity contribution < 1.29 is 4.79 Å². The molecule has 17 heavy (non-hydrogen) atoms. The van der Waals surface area contributed by atoms with Gasteiger partial charge in [-0.1, -0.05) is 0 Å². The normalized spacial score (nSPS) is 10.4. The second-order valence-corrected chi connectivity index (χ2v) is 3.62. The molecule has 2 rings (SSSR count). The van der Waals surface area contributed by atoms with E-state index in [4.69, 9.17) is 5.73 Å². The molecular weight excluding hydrogens is 218 g/mol. The Morgan fingerprint density at radius 2 is 2.29 bits per heavy atom. The van der Waals surface area contributed by atoms with Gasteiger partial charge in [-0.15, -0.1) is 0 Å². The van der Waals surface area contributed by atoms with Crippen LogP contribution in [0.3, 0.4) is 0 Å². The summed E-state index contributed by atoms with van der Waals surface area (Å²) < 4.78 is 1.58. The number of aromatic nitrogens is 3. The van der Waals surface area contributed by atoms with Gasteiger partial charge in [-0.2, -0.15) is 5.10 Å². The van der Waals surface area contributed by atoms with Crippen molar-refractivity contribution in [2.75, 3.05) is 7.05 Å². The molecule has 0 radical (unpaired) electrons. The summed E-state index contributed by atoms with van der Waals surface area (Å²) in [5.41, 5.74) is 7.38. The third kappa shape index (κ3) is 2.48. The standard InChI is InChI=1S/C11H13N5O/c1-13-3-8-2-10(6-14-4-8)16-7-9(5-15-16)11(12)17/h2,4-7,13H,3H2,1H3,(H2,12,17). The van der Waals surface area contributed by atoms with E-state index in [1.807, 2.05) is 13.1 Å². The Hall–Kier alpha value is -2.21. The van der Waals surface area contributed by atoms with Crippen molar-refractivity contribution in [2.45, 2.75) is 6.54 Å². The van der Waals surface area contributed by atoms with Gasteiger partial charge in [0.2, 0.25) is 0 Å². The van der Waals surface area contributed by atoms with E-state index in [0.717, 1.165) is 17.8 Å². The molecule has 0 spiro atoms. The first kappa shape index (κ1) is 11.3. The molecule has 0 saturated heterocycles. The van der Waals surface area contributed by atoms with Crippen LogP contribution in [0.4, 0.5) is 0 Å². The minimum absolute atomic E-state index is 0.379. The van der Waals surface area contributed by atoms with Gasteiger partial charge < -0.3 is 11.1 Å². The van der Waals surface area contributed by atoms with Crippen LogP contribution in [-0.2, 0) is 6.54 Å². The number of hydrogen-bond donors (Lipinski definition) is 2. The molecule has 2 heterocycles. The zero-order valence-electron chi connectivity index (χ0n) is 9.42. The van der Waals surface area contributed by atoms with Crippen LogP contribution in [0.5, 0.6) is 0 Å². The van der Waals surface area contributed by atoms with E-state index in [0.29, 0.717) is 5.56 Å². The summed E-state index contributed by atoms with van der Waals surface area (Å²) in [7, 11) is 1.87. The fourth-order valence-corrected chi connectivity index (χ4v) is 1.49. The van der Waals surface area contributed by atoms with Crippen LogP contribution in [0, 0.1) is 0 Å². The number of pyridine rings is 1. The van der Waals surface area contributed by atoms with Crippen molar-refractivity contribution in [1.29, 1.82) is 0 Å². The smallest absolute Gasteiger partial charge is 0.251 e. The maximum Gasteiger partial charge on any atom is 0.251 e. The monoisotopic (exact) mass is 231 g/mol. The highest BCUT2D eigenvalue weighted by molar-refractivity contribution is 5.92. The van der Waals surface area contributed by atoms with Crippen LogP contribution >= 0.6 is 0 Å². The number of nitrogens with two attached hydrogens (primary N) is 1. The van der Waals surface area contributed by atoms with Crippen LogP contribution in [0.15, 0.2) is 30.9 Å². The van der Waals surface area contributed by atoms with Gasteiger partial charge in [-0.05, 0) is 18.7 Å². The second-order valence-electron chi connectivity index (χ2n) is 3.62. The van der Waals surface area contributed by atoms with Crippen molar-refractivity contribution >= 4 is 5.91 Å². The molecule has 6 nitrogen and oxygen atoms in total. The molecule has 3 N–H and O–H groups in total. The third-order valence-corrected chi connectivity index (χ3v) is 2.29. The summed E-state index contributed by atoms with van der Waals surface area (Å²) in [6.07, 6.45) is 6.48. The number of nitrogens with one attached hydrogen (secondary N) is 1. The Morgan fingerprint density at radius 3 is 2.94 bits per heavy atom. The molecule has 0 bridgehead atoms. The van der Waals surface area contributed by atoms with E-state index in [2.05, 4.69) is 15.4 Å². The minimum Gasteiger partial charge on any atom is -0.366 e. The number of primary amides is 1. The number of nitrogens with zero attached hydrogens (tertiary/aromatic N) is 3. The van der Waals surface area contributed by atoms with Crippen molar-refractivity contribution in [1.82, 2.24) is 20.1 Å². The van der Waals surface area contributed by atoms with Gasteiger partial charge in [-0.25, -0.2) is 4.68 Å². The Bertz CT molecular complexity index is 534. The van der Waals surface area contributed by atoms with Crippen LogP contribution in [-0.4, -0.2) is 27.7 Å². The number of carbonyl (C=O) groups is 1. The highest BCUT2D eigenvalue weighted by Crippen LogP contribution is 2.09. The predicted molar refractivity (Wildman–Crippen MR) is 62.6 cm³/mol. The molecule has 0 saturated carbocycles. The zero-order chi connectivity index (χ0) is 12.3. The summed E-state index contributed by atoms with van der Waals surface area (Å²) in [6, 6.07) is 1.95. The van der Waals surface area contributed by atoms with Gasteiger partial charge >= 0.3 is 0 Å². The summed E-state index contributed by atoms with van der Waals surface area (Å²) in [5, 5.41) is 7.11. The van der Waals surface area contributed by atoms with Crippen LogP contribution in [0.25, 0.3) is 5.69 Å². The number of hydrogen-bond acceptors (Lipinski definition) is 4. The maximum atomic E-state index is 11.0. The molecule has 88 valence electrons. The molecule has 0 aromatic carbocycles. The lowest BCUT2D eigenvalue weighted by molar-refractivity contribution is 0.100. The van der Waals surface area contributed by atoms with Gasteiger partial charge in [0.25, 0.3) is 5.91 Å². The SMILES string of the molecule is CNCc1cncc(-n2cc(C(N)=O)cn2)c1. The van der Waals surface area contributed by atoms with Gasteiger partial charge in [0.1, 0.15) is 0 Å². The van der Waals surface area contributed by atoms with E-state index < -0.39 is 5.91 Å². The molecule has 2 aromatic rings. The highest BCUT2D eigenvalue weighted by Gasteiger charge is 2.05. The second kappa shape index (κ2) is 4.75. The molecule has 0 unspecified atom stereocenters. The van der Waals surface area contributed by atoms with E-state index in [1.165, 1.54) is 6.20 Å². The van der Waals surface area contributed by atoms with Gasteiger partial charge in [0.15, 0.2) is 0 Å². The average molecular weight is 231 g/mol. The molecular formula is C11H13N5O. The first-order chi connectivity index (χ1) is 8.20. The summed E-state index contributed by atoms with van der Waals surface area (Å²) in [6.45, 7) is 0.727. The summed E-state index contributed by atoms with van der Waals surface area (Å²) >= 11 is 0. The fraction of sp³-hybridized carbons (Fsp3) is 0.182.